The maximum atomic E-state index is 9.77. The molecule has 8 heteroatoms. The van der Waals surface area contributed by atoms with Gasteiger partial charge in [-0.1, -0.05) is 13.3 Å². The zero-order valence-corrected chi connectivity index (χ0v) is 11.5. The molecule has 6 N–H and O–H groups in total. The van der Waals surface area contributed by atoms with Crippen molar-refractivity contribution in [2.45, 2.75) is 57.3 Å². The van der Waals surface area contributed by atoms with Crippen LogP contribution in [-0.2, 0) is 9.59 Å². The molecular weight excluding hydrogens is 272 g/mol. The van der Waals surface area contributed by atoms with E-state index in [0.29, 0.717) is 0 Å². The summed E-state index contributed by atoms with van der Waals surface area (Å²) < 4.78 is 0. The normalized spacial score (nSPS) is 14.7. The van der Waals surface area contributed by atoms with Crippen LogP contribution in [0.3, 0.4) is 0 Å². The van der Waals surface area contributed by atoms with Gasteiger partial charge < -0.3 is 30.6 Å². The van der Waals surface area contributed by atoms with Crippen LogP contribution in [0.4, 0.5) is 0 Å². The third-order valence-electron chi connectivity index (χ3n) is 2.37. The minimum Gasteiger partial charge on any atom is -0.479 e. The number of aliphatic hydroxyl groups is 4. The van der Waals surface area contributed by atoms with E-state index in [1.807, 2.05) is 0 Å². The highest BCUT2D eigenvalue weighted by Crippen LogP contribution is 2.05. The molecule has 0 saturated heterocycles. The summed E-state index contributed by atoms with van der Waals surface area (Å²) in [6, 6.07) is 0. The van der Waals surface area contributed by atoms with Gasteiger partial charge in [0.25, 0.3) is 0 Å². The van der Waals surface area contributed by atoms with E-state index >= 15 is 0 Å². The van der Waals surface area contributed by atoms with E-state index in [1.54, 1.807) is 0 Å². The Kier molecular flexibility index (Phi) is 13.5. The van der Waals surface area contributed by atoms with Crippen LogP contribution in [0.25, 0.3) is 0 Å². The molecule has 8 nitrogen and oxygen atoms in total. The van der Waals surface area contributed by atoms with E-state index < -0.39 is 24.1 Å². The number of hydrogen-bond acceptors (Lipinski definition) is 6. The van der Waals surface area contributed by atoms with Crippen LogP contribution < -0.4 is 0 Å². The number of aliphatic hydroxyl groups excluding tert-OH is 4. The van der Waals surface area contributed by atoms with Gasteiger partial charge in [0, 0.05) is 6.61 Å². The minimum atomic E-state index is -2.27. The highest BCUT2D eigenvalue weighted by atomic mass is 16.4. The molecule has 0 radical (unpaired) electrons. The van der Waals surface area contributed by atoms with E-state index in [-0.39, 0.29) is 12.7 Å². The van der Waals surface area contributed by atoms with Crippen molar-refractivity contribution < 1.29 is 40.2 Å². The number of carboxylic acids is 2. The summed E-state index contributed by atoms with van der Waals surface area (Å²) in [6.07, 6.45) is -0.134. The average Bonchev–Trinajstić information content (AvgIpc) is 2.38. The molecule has 0 aliphatic heterocycles. The fraction of sp³-hybridized carbons (Fsp3) is 0.833. The molecule has 0 spiro atoms. The van der Waals surface area contributed by atoms with Crippen molar-refractivity contribution in [2.24, 2.45) is 0 Å². The molecule has 20 heavy (non-hydrogen) atoms. The quantitative estimate of drug-likeness (QED) is 0.302. The van der Waals surface area contributed by atoms with Crippen LogP contribution in [-0.4, -0.2) is 67.5 Å². The van der Waals surface area contributed by atoms with E-state index in [4.69, 9.17) is 25.5 Å². The third-order valence-corrected chi connectivity index (χ3v) is 2.37. The van der Waals surface area contributed by atoms with Gasteiger partial charge >= 0.3 is 11.9 Å². The first-order valence-electron chi connectivity index (χ1n) is 6.38. The molecule has 0 fully saturated rings. The molecule has 0 saturated carbocycles. The molecule has 0 rings (SSSR count). The summed E-state index contributed by atoms with van der Waals surface area (Å²) in [5.74, 6) is -3.54. The third kappa shape index (κ3) is 11.8. The topological polar surface area (TPSA) is 156 Å². The predicted molar refractivity (Wildman–Crippen MR) is 69.1 cm³/mol. The molecule has 0 heterocycles. The molecule has 0 aromatic rings. The summed E-state index contributed by atoms with van der Waals surface area (Å²) in [5.41, 5.74) is 0. The standard InChI is InChI=1S/C8H18O2.C4H6O6/c1-2-5-8(10)6-3-4-7-9;5-1(3(7)8)2(6)4(9)10/h8-10H,2-7H2,1H3;1-2,5-6H,(H,7,8)(H,9,10). The van der Waals surface area contributed by atoms with Gasteiger partial charge in [0.2, 0.25) is 0 Å². The van der Waals surface area contributed by atoms with Crippen molar-refractivity contribution in [3.63, 3.8) is 0 Å². The van der Waals surface area contributed by atoms with Crippen LogP contribution in [0.15, 0.2) is 0 Å². The van der Waals surface area contributed by atoms with Gasteiger partial charge in [-0.3, -0.25) is 0 Å². The Morgan fingerprint density at radius 3 is 1.65 bits per heavy atom. The number of carbonyl (C=O) groups is 2. The van der Waals surface area contributed by atoms with Crippen LogP contribution >= 0.6 is 0 Å². The van der Waals surface area contributed by atoms with Gasteiger partial charge in [-0.05, 0) is 25.7 Å². The zero-order valence-electron chi connectivity index (χ0n) is 11.5. The van der Waals surface area contributed by atoms with Gasteiger partial charge in [0.15, 0.2) is 12.2 Å². The Labute approximate surface area is 117 Å². The van der Waals surface area contributed by atoms with Crippen LogP contribution in [0, 0.1) is 0 Å². The first-order chi connectivity index (χ1) is 9.27. The second-order valence-electron chi connectivity index (χ2n) is 4.23. The van der Waals surface area contributed by atoms with Crippen molar-refractivity contribution in [1.29, 1.82) is 0 Å². The molecule has 0 aromatic carbocycles. The first-order valence-corrected chi connectivity index (χ1v) is 6.38. The lowest BCUT2D eigenvalue weighted by Gasteiger charge is -2.07. The summed E-state index contributed by atoms with van der Waals surface area (Å²) in [6.45, 7) is 2.31. The summed E-state index contributed by atoms with van der Waals surface area (Å²) in [5, 5.41) is 50.1. The Morgan fingerprint density at radius 2 is 1.35 bits per heavy atom. The molecule has 0 aliphatic carbocycles. The van der Waals surface area contributed by atoms with Crippen molar-refractivity contribution >= 4 is 11.9 Å². The van der Waals surface area contributed by atoms with Gasteiger partial charge in [-0.2, -0.15) is 0 Å². The van der Waals surface area contributed by atoms with Crippen molar-refractivity contribution in [1.82, 2.24) is 0 Å². The van der Waals surface area contributed by atoms with Crippen molar-refractivity contribution in [2.75, 3.05) is 6.61 Å². The summed E-state index contributed by atoms with van der Waals surface area (Å²) in [7, 11) is 0. The molecule has 3 unspecified atom stereocenters. The number of carboxylic acid groups (broad SMARTS) is 2. The Hall–Kier alpha value is -1.22. The van der Waals surface area contributed by atoms with Gasteiger partial charge in [-0.15, -0.1) is 0 Å². The highest BCUT2D eigenvalue weighted by molar-refractivity contribution is 5.83. The fourth-order valence-electron chi connectivity index (χ4n) is 1.24. The molecule has 3 atom stereocenters. The Balaban J connectivity index is 0. The molecule has 0 bridgehead atoms. The van der Waals surface area contributed by atoms with E-state index in [0.717, 1.165) is 32.1 Å². The molecule has 0 amide bonds. The van der Waals surface area contributed by atoms with Crippen LogP contribution in [0.1, 0.15) is 39.0 Å². The Morgan fingerprint density at radius 1 is 0.900 bits per heavy atom. The van der Waals surface area contributed by atoms with Crippen molar-refractivity contribution in [3.8, 4) is 0 Å². The second kappa shape index (κ2) is 12.8. The van der Waals surface area contributed by atoms with Gasteiger partial charge in [0.1, 0.15) is 0 Å². The first kappa shape index (κ1) is 21.1. The minimum absolute atomic E-state index is 0.142. The van der Waals surface area contributed by atoms with Crippen LogP contribution in [0.2, 0.25) is 0 Å². The lowest BCUT2D eigenvalue weighted by atomic mass is 10.1. The van der Waals surface area contributed by atoms with Crippen LogP contribution in [0.5, 0.6) is 0 Å². The lowest BCUT2D eigenvalue weighted by molar-refractivity contribution is -0.165. The van der Waals surface area contributed by atoms with E-state index in [9.17, 15) is 14.7 Å². The molecule has 0 aliphatic rings. The van der Waals surface area contributed by atoms with Gasteiger partial charge in [-0.25, -0.2) is 9.59 Å². The van der Waals surface area contributed by atoms with E-state index in [1.165, 1.54) is 0 Å². The zero-order chi connectivity index (χ0) is 16.1. The number of unbranched alkanes of at least 4 members (excludes halogenated alkanes) is 1. The SMILES string of the molecule is CCCC(O)CCCCO.O=C(O)C(O)C(O)C(=O)O. The average molecular weight is 296 g/mol. The predicted octanol–water partition coefficient (Wildman–Crippen LogP) is -0.813. The molecular formula is C12H24O8. The molecule has 0 aromatic heterocycles. The largest absolute Gasteiger partial charge is 0.479 e. The second-order valence-corrected chi connectivity index (χ2v) is 4.23. The van der Waals surface area contributed by atoms with E-state index in [2.05, 4.69) is 6.92 Å². The smallest absolute Gasteiger partial charge is 0.335 e. The van der Waals surface area contributed by atoms with Crippen molar-refractivity contribution in [3.05, 3.63) is 0 Å². The maximum Gasteiger partial charge on any atom is 0.335 e. The Bertz CT molecular complexity index is 250. The monoisotopic (exact) mass is 296 g/mol. The maximum absolute atomic E-state index is 9.77. The molecule has 120 valence electrons. The fourth-order valence-corrected chi connectivity index (χ4v) is 1.24. The number of hydrogen-bond donors (Lipinski definition) is 6. The lowest BCUT2D eigenvalue weighted by Crippen LogP contribution is -2.39. The summed E-state index contributed by atoms with van der Waals surface area (Å²) >= 11 is 0. The van der Waals surface area contributed by atoms with Gasteiger partial charge in [0.05, 0.1) is 6.10 Å². The number of rotatable bonds is 9. The number of aliphatic carboxylic acids is 2. The summed E-state index contributed by atoms with van der Waals surface area (Å²) in [4.78, 5) is 19.5. The highest BCUT2D eigenvalue weighted by Gasteiger charge is 2.29.